The maximum absolute atomic E-state index is 13.2. The third-order valence-electron chi connectivity index (χ3n) is 2.97. The SMILES string of the molecule is COCc1nc(NC(=O)c2ccn(-c3cc(F)cc(F)c3)n2)n[nH]1. The number of methoxy groups -OCH3 is 1. The van der Waals surface area contributed by atoms with Crippen molar-refractivity contribution in [2.75, 3.05) is 12.4 Å². The third kappa shape index (κ3) is 3.43. The van der Waals surface area contributed by atoms with Crippen LogP contribution in [0.1, 0.15) is 16.3 Å². The van der Waals surface area contributed by atoms with Crippen molar-refractivity contribution in [3.05, 3.63) is 53.6 Å². The van der Waals surface area contributed by atoms with Crippen molar-refractivity contribution < 1.29 is 18.3 Å². The number of benzene rings is 1. The minimum absolute atomic E-state index is 0.0396. The maximum atomic E-state index is 13.2. The summed E-state index contributed by atoms with van der Waals surface area (Å²) >= 11 is 0. The van der Waals surface area contributed by atoms with Gasteiger partial charge in [-0.05, 0) is 18.2 Å². The molecular formula is C14H12F2N6O2. The Morgan fingerprint density at radius 1 is 1.33 bits per heavy atom. The van der Waals surface area contributed by atoms with Crippen LogP contribution in [0.3, 0.4) is 0 Å². The van der Waals surface area contributed by atoms with Gasteiger partial charge in [-0.1, -0.05) is 0 Å². The van der Waals surface area contributed by atoms with E-state index in [2.05, 4.69) is 25.6 Å². The predicted molar refractivity (Wildman–Crippen MR) is 78.5 cm³/mol. The summed E-state index contributed by atoms with van der Waals surface area (Å²) in [4.78, 5) is 16.1. The van der Waals surface area contributed by atoms with Crippen molar-refractivity contribution in [3.8, 4) is 5.69 Å². The molecule has 2 heterocycles. The summed E-state index contributed by atoms with van der Waals surface area (Å²) in [7, 11) is 1.50. The first kappa shape index (κ1) is 15.7. The van der Waals surface area contributed by atoms with Crippen LogP contribution in [0.15, 0.2) is 30.5 Å². The second-order valence-corrected chi connectivity index (χ2v) is 4.77. The van der Waals surface area contributed by atoms with Crippen molar-refractivity contribution in [2.24, 2.45) is 0 Å². The zero-order valence-electron chi connectivity index (χ0n) is 12.5. The molecule has 2 N–H and O–H groups in total. The van der Waals surface area contributed by atoms with Crippen LogP contribution in [0.4, 0.5) is 14.7 Å². The topological polar surface area (TPSA) is 97.7 Å². The van der Waals surface area contributed by atoms with Crippen LogP contribution in [0, 0.1) is 11.6 Å². The van der Waals surface area contributed by atoms with Crippen LogP contribution in [0.5, 0.6) is 0 Å². The Hall–Kier alpha value is -3.14. The predicted octanol–water partition coefficient (Wildman–Crippen LogP) is 1.67. The molecule has 0 saturated carbocycles. The minimum atomic E-state index is -0.738. The maximum Gasteiger partial charge on any atom is 0.278 e. The molecule has 0 radical (unpaired) electrons. The fourth-order valence-corrected chi connectivity index (χ4v) is 1.98. The zero-order valence-corrected chi connectivity index (χ0v) is 12.5. The summed E-state index contributed by atoms with van der Waals surface area (Å²) in [5, 5.41) is 12.8. The molecule has 0 spiro atoms. The number of hydrogen-bond donors (Lipinski definition) is 2. The molecule has 0 aliphatic heterocycles. The lowest BCUT2D eigenvalue weighted by Gasteiger charge is -2.02. The Labute approximate surface area is 134 Å². The smallest absolute Gasteiger partial charge is 0.278 e. The van der Waals surface area contributed by atoms with Crippen molar-refractivity contribution >= 4 is 11.9 Å². The van der Waals surface area contributed by atoms with Gasteiger partial charge in [0.05, 0.1) is 5.69 Å². The largest absolute Gasteiger partial charge is 0.377 e. The van der Waals surface area contributed by atoms with Gasteiger partial charge in [-0.3, -0.25) is 15.2 Å². The number of amides is 1. The normalized spacial score (nSPS) is 10.8. The van der Waals surface area contributed by atoms with Gasteiger partial charge in [-0.15, -0.1) is 5.10 Å². The number of nitrogens with one attached hydrogen (secondary N) is 2. The summed E-state index contributed by atoms with van der Waals surface area (Å²) < 4.78 is 32.6. The van der Waals surface area contributed by atoms with E-state index in [1.54, 1.807) is 0 Å². The number of carbonyl (C=O) groups is 1. The quantitative estimate of drug-likeness (QED) is 0.740. The molecule has 8 nitrogen and oxygen atoms in total. The molecule has 0 fully saturated rings. The van der Waals surface area contributed by atoms with Crippen LogP contribution in [-0.4, -0.2) is 38.0 Å². The van der Waals surface area contributed by atoms with Gasteiger partial charge in [-0.2, -0.15) is 10.1 Å². The highest BCUT2D eigenvalue weighted by Crippen LogP contribution is 2.13. The Kier molecular flexibility index (Phi) is 4.29. The highest BCUT2D eigenvalue weighted by molar-refractivity contribution is 6.01. The van der Waals surface area contributed by atoms with Gasteiger partial charge in [0.1, 0.15) is 18.2 Å². The zero-order chi connectivity index (χ0) is 17.1. The van der Waals surface area contributed by atoms with Gasteiger partial charge >= 0.3 is 0 Å². The van der Waals surface area contributed by atoms with Crippen molar-refractivity contribution in [3.63, 3.8) is 0 Å². The molecule has 0 atom stereocenters. The van der Waals surface area contributed by atoms with E-state index in [1.807, 2.05) is 0 Å². The van der Waals surface area contributed by atoms with Crippen LogP contribution in [0.25, 0.3) is 5.69 Å². The number of halogens is 2. The molecule has 1 aromatic carbocycles. The molecule has 0 bridgehead atoms. The van der Waals surface area contributed by atoms with Gasteiger partial charge in [0.15, 0.2) is 11.5 Å². The van der Waals surface area contributed by atoms with Crippen molar-refractivity contribution in [1.29, 1.82) is 0 Å². The van der Waals surface area contributed by atoms with Crippen LogP contribution >= 0.6 is 0 Å². The molecule has 24 heavy (non-hydrogen) atoms. The number of rotatable bonds is 5. The van der Waals surface area contributed by atoms with Gasteiger partial charge in [0.2, 0.25) is 5.95 Å². The summed E-state index contributed by atoms with van der Waals surface area (Å²) in [6.07, 6.45) is 1.41. The van der Waals surface area contributed by atoms with Gasteiger partial charge in [-0.25, -0.2) is 13.5 Å². The Morgan fingerprint density at radius 3 is 2.79 bits per heavy atom. The highest BCUT2D eigenvalue weighted by Gasteiger charge is 2.14. The standard InChI is InChI=1S/C14H12F2N6O2/c1-24-7-12-17-14(20-19-12)18-13(23)11-2-3-22(21-11)10-5-8(15)4-9(16)6-10/h2-6H,7H2,1H3,(H2,17,18,19,20,23). The van der Waals surface area contributed by atoms with E-state index < -0.39 is 17.5 Å². The number of ether oxygens (including phenoxy) is 1. The first-order valence-electron chi connectivity index (χ1n) is 6.79. The molecule has 2 aromatic heterocycles. The molecule has 0 saturated heterocycles. The molecular weight excluding hydrogens is 322 g/mol. The number of anilines is 1. The number of nitrogens with zero attached hydrogens (tertiary/aromatic N) is 4. The van der Waals surface area contributed by atoms with Crippen molar-refractivity contribution in [2.45, 2.75) is 6.61 Å². The fourth-order valence-electron chi connectivity index (χ4n) is 1.98. The molecule has 0 aliphatic rings. The fraction of sp³-hybridized carbons (Fsp3) is 0.143. The minimum Gasteiger partial charge on any atom is -0.377 e. The monoisotopic (exact) mass is 334 g/mol. The average molecular weight is 334 g/mol. The van der Waals surface area contributed by atoms with E-state index in [0.29, 0.717) is 5.82 Å². The Bertz CT molecular complexity index is 856. The second-order valence-electron chi connectivity index (χ2n) is 4.77. The summed E-state index contributed by atoms with van der Waals surface area (Å²) in [5.41, 5.74) is 0.199. The van der Waals surface area contributed by atoms with E-state index in [4.69, 9.17) is 4.74 Å². The number of H-pyrrole nitrogens is 1. The van der Waals surface area contributed by atoms with E-state index in [-0.39, 0.29) is 23.9 Å². The average Bonchev–Trinajstić information content (AvgIpc) is 3.16. The Balaban J connectivity index is 1.75. The lowest BCUT2D eigenvalue weighted by Crippen LogP contribution is -2.14. The van der Waals surface area contributed by atoms with Gasteiger partial charge in [0, 0.05) is 19.4 Å². The van der Waals surface area contributed by atoms with E-state index >= 15 is 0 Å². The number of hydrogen-bond acceptors (Lipinski definition) is 5. The van der Waals surface area contributed by atoms with E-state index in [0.717, 1.165) is 18.2 Å². The molecule has 3 rings (SSSR count). The van der Waals surface area contributed by atoms with Crippen LogP contribution in [-0.2, 0) is 11.3 Å². The van der Waals surface area contributed by atoms with E-state index in [9.17, 15) is 13.6 Å². The number of aromatic nitrogens is 5. The van der Waals surface area contributed by atoms with E-state index in [1.165, 1.54) is 24.1 Å². The lowest BCUT2D eigenvalue weighted by molar-refractivity contribution is 0.102. The molecule has 0 unspecified atom stereocenters. The molecule has 0 aliphatic carbocycles. The van der Waals surface area contributed by atoms with Gasteiger partial charge < -0.3 is 4.74 Å². The molecule has 124 valence electrons. The van der Waals surface area contributed by atoms with Gasteiger partial charge in [0.25, 0.3) is 5.91 Å². The summed E-state index contributed by atoms with van der Waals surface area (Å²) in [6.45, 7) is 0.225. The molecule has 3 aromatic rings. The summed E-state index contributed by atoms with van der Waals surface area (Å²) in [6, 6.07) is 4.36. The second kappa shape index (κ2) is 6.54. The van der Waals surface area contributed by atoms with Crippen molar-refractivity contribution in [1.82, 2.24) is 25.0 Å². The molecule has 1 amide bonds. The molecule has 10 heteroatoms. The highest BCUT2D eigenvalue weighted by atomic mass is 19.1. The first-order chi connectivity index (χ1) is 11.5. The lowest BCUT2D eigenvalue weighted by atomic mass is 10.3. The summed E-state index contributed by atoms with van der Waals surface area (Å²) in [5.74, 6) is -1.52. The van der Waals surface area contributed by atoms with Crippen LogP contribution in [0.2, 0.25) is 0 Å². The number of aromatic amines is 1. The first-order valence-corrected chi connectivity index (χ1v) is 6.79. The third-order valence-corrected chi connectivity index (χ3v) is 2.97. The Morgan fingerprint density at radius 2 is 2.08 bits per heavy atom. The van der Waals surface area contributed by atoms with Crippen LogP contribution < -0.4 is 5.32 Å². The number of carbonyl (C=O) groups excluding carboxylic acids is 1.